The van der Waals surface area contributed by atoms with Crippen molar-refractivity contribution in [3.8, 4) is 0 Å². The minimum atomic E-state index is -0.263. The highest BCUT2D eigenvalue weighted by Gasteiger charge is 2.13. The number of anilines is 2. The Morgan fingerprint density at radius 3 is 2.38 bits per heavy atom. The minimum absolute atomic E-state index is 0.258. The maximum atomic E-state index is 12.4. The van der Waals surface area contributed by atoms with Crippen LogP contribution in [0.5, 0.6) is 0 Å². The SMILES string of the molecule is CNc1cc(C(=O)Nc2c(Br)cc(C)cc2Br)cc(Cl)n1. The second-order valence-corrected chi connectivity index (χ2v) is 6.47. The molecule has 2 aromatic rings. The number of halogens is 3. The first-order valence-corrected chi connectivity index (χ1v) is 7.99. The van der Waals surface area contributed by atoms with Crippen LogP contribution < -0.4 is 10.6 Å². The Balaban J connectivity index is 2.32. The number of nitrogens with zero attached hydrogens (tertiary/aromatic N) is 1. The second kappa shape index (κ2) is 6.77. The van der Waals surface area contributed by atoms with Gasteiger partial charge in [0.25, 0.3) is 5.91 Å². The zero-order chi connectivity index (χ0) is 15.6. The quantitative estimate of drug-likeness (QED) is 0.680. The van der Waals surface area contributed by atoms with Crippen LogP contribution in [0.2, 0.25) is 5.15 Å². The Morgan fingerprint density at radius 1 is 1.19 bits per heavy atom. The number of nitrogens with one attached hydrogen (secondary N) is 2. The summed E-state index contributed by atoms with van der Waals surface area (Å²) >= 11 is 12.8. The monoisotopic (exact) mass is 431 g/mol. The van der Waals surface area contributed by atoms with E-state index in [9.17, 15) is 4.79 Å². The summed E-state index contributed by atoms with van der Waals surface area (Å²) in [7, 11) is 1.72. The van der Waals surface area contributed by atoms with E-state index in [4.69, 9.17) is 11.6 Å². The van der Waals surface area contributed by atoms with Crippen LogP contribution in [0.1, 0.15) is 15.9 Å². The van der Waals surface area contributed by atoms with Crippen molar-refractivity contribution in [1.82, 2.24) is 4.98 Å². The van der Waals surface area contributed by atoms with Crippen LogP contribution in [0.15, 0.2) is 33.2 Å². The maximum Gasteiger partial charge on any atom is 0.255 e. The topological polar surface area (TPSA) is 54.0 Å². The number of amides is 1. The summed E-state index contributed by atoms with van der Waals surface area (Å²) in [4.78, 5) is 16.4. The lowest BCUT2D eigenvalue weighted by Crippen LogP contribution is -2.13. The Hall–Kier alpha value is -1.11. The molecule has 0 saturated heterocycles. The van der Waals surface area contributed by atoms with Crippen LogP contribution in [0.25, 0.3) is 0 Å². The van der Waals surface area contributed by atoms with Gasteiger partial charge in [0.1, 0.15) is 11.0 Å². The summed E-state index contributed by atoms with van der Waals surface area (Å²) in [5.41, 5.74) is 2.18. The van der Waals surface area contributed by atoms with Crippen molar-refractivity contribution in [2.24, 2.45) is 0 Å². The highest BCUT2D eigenvalue weighted by Crippen LogP contribution is 2.32. The molecule has 0 bridgehead atoms. The molecule has 0 unspecified atom stereocenters. The molecule has 2 rings (SSSR count). The van der Waals surface area contributed by atoms with Gasteiger partial charge in [0.05, 0.1) is 5.69 Å². The van der Waals surface area contributed by atoms with Crippen molar-refractivity contribution in [1.29, 1.82) is 0 Å². The highest BCUT2D eigenvalue weighted by molar-refractivity contribution is 9.11. The van der Waals surface area contributed by atoms with E-state index in [-0.39, 0.29) is 11.1 Å². The zero-order valence-corrected chi connectivity index (χ0v) is 15.2. The molecule has 110 valence electrons. The predicted octanol–water partition coefficient (Wildman–Crippen LogP) is 4.86. The van der Waals surface area contributed by atoms with Crippen LogP contribution in [0, 0.1) is 6.92 Å². The number of benzene rings is 1. The van der Waals surface area contributed by atoms with Gasteiger partial charge in [-0.3, -0.25) is 4.79 Å². The van der Waals surface area contributed by atoms with Gasteiger partial charge in [-0.1, -0.05) is 11.6 Å². The third-order valence-corrected chi connectivity index (χ3v) is 4.18. The smallest absolute Gasteiger partial charge is 0.255 e. The average Bonchev–Trinajstić information content (AvgIpc) is 2.41. The van der Waals surface area contributed by atoms with Gasteiger partial charge in [-0.05, 0) is 68.6 Å². The van der Waals surface area contributed by atoms with Gasteiger partial charge in [0.15, 0.2) is 0 Å². The summed E-state index contributed by atoms with van der Waals surface area (Å²) < 4.78 is 1.61. The first kappa shape index (κ1) is 16.3. The minimum Gasteiger partial charge on any atom is -0.373 e. The van der Waals surface area contributed by atoms with Crippen LogP contribution in [0.4, 0.5) is 11.5 Å². The highest BCUT2D eigenvalue weighted by atomic mass is 79.9. The van der Waals surface area contributed by atoms with Crippen molar-refractivity contribution in [2.75, 3.05) is 17.7 Å². The number of aryl methyl sites for hydroxylation is 1. The number of carbonyl (C=O) groups excluding carboxylic acids is 1. The van der Waals surface area contributed by atoms with E-state index in [0.29, 0.717) is 17.1 Å². The van der Waals surface area contributed by atoms with E-state index >= 15 is 0 Å². The van der Waals surface area contributed by atoms with Gasteiger partial charge >= 0.3 is 0 Å². The number of hydrogen-bond acceptors (Lipinski definition) is 3. The molecule has 2 N–H and O–H groups in total. The Kier molecular flexibility index (Phi) is 5.24. The molecular weight excluding hydrogens is 421 g/mol. The predicted molar refractivity (Wildman–Crippen MR) is 93.3 cm³/mol. The lowest BCUT2D eigenvalue weighted by molar-refractivity contribution is 0.102. The molecule has 1 aromatic heterocycles. The first-order valence-electron chi connectivity index (χ1n) is 6.03. The summed E-state index contributed by atoms with van der Waals surface area (Å²) in [5, 5.41) is 5.98. The lowest BCUT2D eigenvalue weighted by Gasteiger charge is -2.11. The summed E-state index contributed by atoms with van der Waals surface area (Å²) in [6.07, 6.45) is 0. The summed E-state index contributed by atoms with van der Waals surface area (Å²) in [6, 6.07) is 7.02. The molecule has 21 heavy (non-hydrogen) atoms. The van der Waals surface area contributed by atoms with Crippen LogP contribution in [-0.4, -0.2) is 17.9 Å². The zero-order valence-electron chi connectivity index (χ0n) is 11.3. The summed E-state index contributed by atoms with van der Waals surface area (Å²) in [5.74, 6) is 0.274. The Morgan fingerprint density at radius 2 is 1.81 bits per heavy atom. The standard InChI is InChI=1S/C14H12Br2ClN3O/c1-7-3-9(15)13(10(16)4-7)20-14(21)8-5-11(17)19-12(6-8)18-2/h3-6H,1-2H3,(H,18,19)(H,20,21). The molecular formula is C14H12Br2ClN3O. The first-order chi connectivity index (χ1) is 9.90. The molecule has 1 aromatic carbocycles. The van der Waals surface area contributed by atoms with Gasteiger partial charge in [-0.25, -0.2) is 4.98 Å². The van der Waals surface area contributed by atoms with Gasteiger partial charge < -0.3 is 10.6 Å². The van der Waals surface area contributed by atoms with E-state index < -0.39 is 0 Å². The van der Waals surface area contributed by atoms with Crippen LogP contribution in [-0.2, 0) is 0 Å². The van der Waals surface area contributed by atoms with Gasteiger partial charge in [-0.15, -0.1) is 0 Å². The number of aromatic nitrogens is 1. The molecule has 0 atom stereocenters. The van der Waals surface area contributed by atoms with Crippen molar-refractivity contribution in [2.45, 2.75) is 6.92 Å². The van der Waals surface area contributed by atoms with Gasteiger partial charge in [0, 0.05) is 21.6 Å². The average molecular weight is 434 g/mol. The normalized spacial score (nSPS) is 10.3. The molecule has 1 heterocycles. The molecule has 1 amide bonds. The Labute approximate surface area is 144 Å². The van der Waals surface area contributed by atoms with Crippen molar-refractivity contribution in [3.63, 3.8) is 0 Å². The fraction of sp³-hybridized carbons (Fsp3) is 0.143. The van der Waals surface area contributed by atoms with E-state index in [2.05, 4.69) is 47.5 Å². The second-order valence-electron chi connectivity index (χ2n) is 4.37. The molecule has 4 nitrogen and oxygen atoms in total. The van der Waals surface area contributed by atoms with Crippen LogP contribution >= 0.6 is 43.5 Å². The van der Waals surface area contributed by atoms with E-state index in [1.165, 1.54) is 6.07 Å². The third kappa shape index (κ3) is 3.96. The Bertz CT molecular complexity index is 684. The number of pyridine rings is 1. The molecule has 0 fully saturated rings. The molecule has 0 radical (unpaired) electrons. The molecule has 0 saturated carbocycles. The third-order valence-electron chi connectivity index (χ3n) is 2.74. The fourth-order valence-corrected chi connectivity index (χ4v) is 3.58. The van der Waals surface area contributed by atoms with Crippen LogP contribution in [0.3, 0.4) is 0 Å². The van der Waals surface area contributed by atoms with Gasteiger partial charge in [-0.2, -0.15) is 0 Å². The molecule has 0 aliphatic heterocycles. The van der Waals surface area contributed by atoms with E-state index in [0.717, 1.165) is 14.5 Å². The summed E-state index contributed by atoms with van der Waals surface area (Å²) in [6.45, 7) is 1.98. The van der Waals surface area contributed by atoms with Gasteiger partial charge in [0.2, 0.25) is 0 Å². The molecule has 0 aliphatic rings. The number of carbonyl (C=O) groups is 1. The van der Waals surface area contributed by atoms with E-state index in [1.807, 2.05) is 19.1 Å². The molecule has 0 aliphatic carbocycles. The van der Waals surface area contributed by atoms with Crippen molar-refractivity contribution < 1.29 is 4.79 Å². The van der Waals surface area contributed by atoms with E-state index in [1.54, 1.807) is 13.1 Å². The molecule has 7 heteroatoms. The fourth-order valence-electron chi connectivity index (χ4n) is 1.76. The van der Waals surface area contributed by atoms with Crippen molar-refractivity contribution in [3.05, 3.63) is 49.5 Å². The molecule has 0 spiro atoms. The number of rotatable bonds is 3. The largest absolute Gasteiger partial charge is 0.373 e. The van der Waals surface area contributed by atoms with Crippen molar-refractivity contribution >= 4 is 60.9 Å². The number of hydrogen-bond donors (Lipinski definition) is 2. The maximum absolute atomic E-state index is 12.4. The lowest BCUT2D eigenvalue weighted by atomic mass is 10.2.